The largest absolute Gasteiger partial charge is 1.00 e. The van der Waals surface area contributed by atoms with Gasteiger partial charge in [-0.1, -0.05) is 30.3 Å². The topological polar surface area (TPSA) is 33.4 Å². The van der Waals surface area contributed by atoms with Gasteiger partial charge in [0.25, 0.3) is 0 Å². The first-order valence-corrected chi connectivity index (χ1v) is 8.58. The van der Waals surface area contributed by atoms with Crippen LogP contribution in [0.25, 0.3) is 0 Å². The summed E-state index contributed by atoms with van der Waals surface area (Å²) in [6, 6.07) is 21.3. The van der Waals surface area contributed by atoms with Gasteiger partial charge in [0.15, 0.2) is 12.4 Å². The van der Waals surface area contributed by atoms with Crippen molar-refractivity contribution in [2.75, 3.05) is 19.0 Å². The van der Waals surface area contributed by atoms with Crippen LogP contribution in [0.2, 0.25) is 0 Å². The summed E-state index contributed by atoms with van der Waals surface area (Å²) in [5.41, 5.74) is 2.90. The predicted molar refractivity (Wildman–Crippen MR) is 103 cm³/mol. The fourth-order valence-corrected chi connectivity index (χ4v) is 2.59. The van der Waals surface area contributed by atoms with Crippen molar-refractivity contribution in [1.82, 2.24) is 0 Å². The lowest BCUT2D eigenvalue weighted by atomic mass is 10.1. The maximum atomic E-state index is 12.5. The molecule has 0 radical (unpaired) electrons. The minimum Gasteiger partial charge on any atom is -1.00 e. The Morgan fingerprint density at radius 2 is 1.56 bits per heavy atom. The van der Waals surface area contributed by atoms with Gasteiger partial charge >= 0.3 is 0 Å². The van der Waals surface area contributed by atoms with Gasteiger partial charge in [-0.3, -0.25) is 4.79 Å². The molecule has 3 aromatic rings. The molecule has 0 aliphatic rings. The van der Waals surface area contributed by atoms with E-state index in [4.69, 9.17) is 4.74 Å². The lowest BCUT2D eigenvalue weighted by Crippen LogP contribution is -3.00. The molecule has 1 aromatic heterocycles. The van der Waals surface area contributed by atoms with Crippen LogP contribution in [-0.4, -0.2) is 19.9 Å². The van der Waals surface area contributed by atoms with Crippen molar-refractivity contribution in [2.24, 2.45) is 0 Å². The number of hydrogen-bond donors (Lipinski definition) is 0. The molecule has 0 fully saturated rings. The van der Waals surface area contributed by atoms with E-state index in [9.17, 15) is 4.79 Å². The van der Waals surface area contributed by atoms with Crippen LogP contribution in [0, 0.1) is 0 Å². The molecule has 140 valence electrons. The van der Waals surface area contributed by atoms with E-state index in [1.807, 2.05) is 103 Å². The van der Waals surface area contributed by atoms with E-state index in [-0.39, 0.29) is 22.8 Å². The Morgan fingerprint density at radius 1 is 0.926 bits per heavy atom. The number of anilines is 1. The summed E-state index contributed by atoms with van der Waals surface area (Å²) in [6.45, 7) is 0.833. The number of halogens is 1. The summed E-state index contributed by atoms with van der Waals surface area (Å²) in [6.07, 6.45) is 3.84. The number of Topliss-reactive ketones (excluding diaryl/α,β-unsaturated/α-hetero) is 1. The number of carbonyl (C=O) groups excluding carboxylic acids is 1. The number of ketones is 1. The first kappa shape index (κ1) is 20.6. The van der Waals surface area contributed by atoms with Crippen molar-refractivity contribution in [3.05, 3.63) is 90.3 Å². The average molecular weight is 427 g/mol. The zero-order chi connectivity index (χ0) is 18.4. The van der Waals surface area contributed by atoms with E-state index in [1.165, 1.54) is 0 Å². The van der Waals surface area contributed by atoms with Crippen LogP contribution in [0.5, 0.6) is 5.75 Å². The summed E-state index contributed by atoms with van der Waals surface area (Å²) in [5.74, 6) is 0.829. The first-order valence-electron chi connectivity index (χ1n) is 8.58. The molecular formula is C22H23BrN2O2. The lowest BCUT2D eigenvalue weighted by molar-refractivity contribution is -0.683. The molecule has 0 atom stereocenters. The molecule has 0 bridgehead atoms. The maximum Gasteiger partial charge on any atom is 0.227 e. The summed E-state index contributed by atoms with van der Waals surface area (Å²) in [4.78, 5) is 14.5. The number of benzene rings is 2. The summed E-state index contributed by atoms with van der Waals surface area (Å²) in [5, 5.41) is 0. The number of hydrogen-bond acceptors (Lipinski definition) is 3. The minimum atomic E-state index is 0. The molecule has 0 aliphatic heterocycles. The second kappa shape index (κ2) is 9.88. The molecule has 2 aromatic carbocycles. The summed E-state index contributed by atoms with van der Waals surface area (Å²) >= 11 is 0. The van der Waals surface area contributed by atoms with Crippen LogP contribution in [-0.2, 0) is 13.2 Å². The zero-order valence-corrected chi connectivity index (χ0v) is 17.1. The Labute approximate surface area is 170 Å². The average Bonchev–Trinajstić information content (AvgIpc) is 2.68. The predicted octanol–water partition coefficient (Wildman–Crippen LogP) is 0.506. The lowest BCUT2D eigenvalue weighted by Gasteiger charge is -2.10. The summed E-state index contributed by atoms with van der Waals surface area (Å²) in [7, 11) is 3.98. The molecular weight excluding hydrogens is 404 g/mol. The van der Waals surface area contributed by atoms with Gasteiger partial charge in [0.05, 0.1) is 0 Å². The molecule has 5 heteroatoms. The van der Waals surface area contributed by atoms with Gasteiger partial charge in [0.1, 0.15) is 12.4 Å². The van der Waals surface area contributed by atoms with Gasteiger partial charge < -0.3 is 26.6 Å². The van der Waals surface area contributed by atoms with Crippen molar-refractivity contribution in [3.63, 3.8) is 0 Å². The molecule has 1 heterocycles. The third-order valence-corrected chi connectivity index (χ3v) is 4.14. The maximum absolute atomic E-state index is 12.5. The van der Waals surface area contributed by atoms with Gasteiger partial charge in [-0.2, -0.15) is 4.57 Å². The molecule has 3 rings (SSSR count). The fourth-order valence-electron chi connectivity index (χ4n) is 2.59. The van der Waals surface area contributed by atoms with Crippen LogP contribution in [0.1, 0.15) is 15.9 Å². The van der Waals surface area contributed by atoms with Crippen LogP contribution < -0.4 is 31.2 Å². The van der Waals surface area contributed by atoms with Gasteiger partial charge in [0, 0.05) is 37.5 Å². The van der Waals surface area contributed by atoms with E-state index in [0.717, 1.165) is 17.0 Å². The van der Waals surface area contributed by atoms with Crippen LogP contribution in [0.15, 0.2) is 79.1 Å². The van der Waals surface area contributed by atoms with E-state index in [0.29, 0.717) is 18.7 Å². The fraction of sp³-hybridized carbons (Fsp3) is 0.182. The molecule has 0 saturated heterocycles. The van der Waals surface area contributed by atoms with Gasteiger partial charge in [-0.05, 0) is 29.8 Å². The van der Waals surface area contributed by atoms with Crippen molar-refractivity contribution < 1.29 is 31.1 Å². The first-order chi connectivity index (χ1) is 12.6. The molecule has 0 N–H and O–H groups in total. The van der Waals surface area contributed by atoms with E-state index >= 15 is 0 Å². The number of aromatic nitrogens is 1. The smallest absolute Gasteiger partial charge is 0.227 e. The molecule has 4 nitrogen and oxygen atoms in total. The van der Waals surface area contributed by atoms with Crippen molar-refractivity contribution in [1.29, 1.82) is 0 Å². The Balaban J connectivity index is 0.00000261. The van der Waals surface area contributed by atoms with E-state index in [2.05, 4.69) is 0 Å². The van der Waals surface area contributed by atoms with E-state index in [1.54, 1.807) is 0 Å². The van der Waals surface area contributed by atoms with Crippen LogP contribution in [0.4, 0.5) is 5.69 Å². The van der Waals surface area contributed by atoms with E-state index < -0.39 is 0 Å². The SMILES string of the molecule is CN(C)c1cc[n+](CC(=O)c2ccc(OCc3ccccc3)cc2)cc1.[Br-]. The van der Waals surface area contributed by atoms with Crippen LogP contribution in [0.3, 0.4) is 0 Å². The summed E-state index contributed by atoms with van der Waals surface area (Å²) < 4.78 is 7.64. The third-order valence-electron chi connectivity index (χ3n) is 4.14. The van der Waals surface area contributed by atoms with Crippen molar-refractivity contribution in [2.45, 2.75) is 13.2 Å². The van der Waals surface area contributed by atoms with Gasteiger partial charge in [-0.15, -0.1) is 0 Å². The third kappa shape index (κ3) is 5.93. The Kier molecular flexibility index (Phi) is 7.55. The number of nitrogens with zero attached hydrogens (tertiary/aromatic N) is 2. The number of carbonyl (C=O) groups is 1. The molecule has 0 spiro atoms. The molecule has 0 aliphatic carbocycles. The highest BCUT2D eigenvalue weighted by Crippen LogP contribution is 2.15. The monoisotopic (exact) mass is 426 g/mol. The minimum absolute atomic E-state index is 0. The van der Waals surface area contributed by atoms with Gasteiger partial charge in [-0.25, -0.2) is 0 Å². The molecule has 0 saturated carbocycles. The normalized spacial score (nSPS) is 10.0. The van der Waals surface area contributed by atoms with Gasteiger partial charge in [0.2, 0.25) is 12.3 Å². The Hall–Kier alpha value is -2.66. The number of pyridine rings is 1. The highest BCUT2D eigenvalue weighted by Gasteiger charge is 2.12. The van der Waals surface area contributed by atoms with Crippen molar-refractivity contribution in [3.8, 4) is 5.75 Å². The molecule has 0 unspecified atom stereocenters. The second-order valence-electron chi connectivity index (χ2n) is 6.34. The Bertz CT molecular complexity index is 848. The quantitative estimate of drug-likeness (QED) is 0.407. The highest BCUT2D eigenvalue weighted by molar-refractivity contribution is 5.95. The Morgan fingerprint density at radius 3 is 2.15 bits per heavy atom. The second-order valence-corrected chi connectivity index (χ2v) is 6.34. The van der Waals surface area contributed by atoms with Crippen LogP contribution >= 0.6 is 0 Å². The zero-order valence-electron chi connectivity index (χ0n) is 15.5. The molecule has 0 amide bonds. The highest BCUT2D eigenvalue weighted by atomic mass is 79.9. The molecule has 27 heavy (non-hydrogen) atoms. The number of ether oxygens (including phenoxy) is 1. The number of rotatable bonds is 7. The van der Waals surface area contributed by atoms with Crippen molar-refractivity contribution >= 4 is 11.5 Å². The standard InChI is InChI=1S/C22H23N2O2.BrH/c1-23(2)20-12-14-24(15-13-20)16-22(25)19-8-10-21(11-9-19)26-17-18-6-4-3-5-7-18;/h3-15H,16-17H2,1-2H3;1H/q+1;/p-1.